The highest BCUT2D eigenvalue weighted by atomic mass is 32.1. The van der Waals surface area contributed by atoms with Crippen molar-refractivity contribution in [2.75, 3.05) is 6.54 Å². The number of hydrogen-bond acceptors (Lipinski definition) is 2. The van der Waals surface area contributed by atoms with Gasteiger partial charge < -0.3 is 5.32 Å². The lowest BCUT2D eigenvalue weighted by Gasteiger charge is -2.18. The van der Waals surface area contributed by atoms with E-state index < -0.39 is 0 Å². The molecular weight excluding hydrogens is 238 g/mol. The van der Waals surface area contributed by atoms with E-state index in [0.29, 0.717) is 6.04 Å². The van der Waals surface area contributed by atoms with Crippen LogP contribution in [0.2, 0.25) is 0 Å². The summed E-state index contributed by atoms with van der Waals surface area (Å²) in [6.07, 6.45) is 3.84. The van der Waals surface area contributed by atoms with Crippen molar-refractivity contribution in [2.45, 2.75) is 32.2 Å². The van der Waals surface area contributed by atoms with Crippen molar-refractivity contribution in [3.05, 3.63) is 57.3 Å². The van der Waals surface area contributed by atoms with E-state index in [-0.39, 0.29) is 0 Å². The van der Waals surface area contributed by atoms with Crippen molar-refractivity contribution in [2.24, 2.45) is 0 Å². The molecule has 1 unspecified atom stereocenters. The summed E-state index contributed by atoms with van der Waals surface area (Å²) in [5.74, 6) is 0. The number of rotatable bonds is 4. The second-order valence-corrected chi connectivity index (χ2v) is 5.71. The third kappa shape index (κ3) is 2.23. The fraction of sp³-hybridized carbons (Fsp3) is 0.375. The van der Waals surface area contributed by atoms with Gasteiger partial charge in [-0.05, 0) is 64.9 Å². The van der Waals surface area contributed by atoms with E-state index in [1.807, 2.05) is 0 Å². The highest BCUT2D eigenvalue weighted by molar-refractivity contribution is 7.08. The Hall–Kier alpha value is -1.12. The van der Waals surface area contributed by atoms with Crippen LogP contribution in [0.4, 0.5) is 0 Å². The van der Waals surface area contributed by atoms with E-state index in [9.17, 15) is 0 Å². The molecular formula is C16H19NS. The van der Waals surface area contributed by atoms with Crippen LogP contribution in [0.3, 0.4) is 0 Å². The quantitative estimate of drug-likeness (QED) is 0.875. The van der Waals surface area contributed by atoms with Crippen molar-refractivity contribution in [3.63, 3.8) is 0 Å². The van der Waals surface area contributed by atoms with Gasteiger partial charge in [0, 0.05) is 0 Å². The van der Waals surface area contributed by atoms with Gasteiger partial charge in [0.15, 0.2) is 0 Å². The van der Waals surface area contributed by atoms with Crippen LogP contribution in [0.1, 0.15) is 41.6 Å². The number of thiophene rings is 1. The summed E-state index contributed by atoms with van der Waals surface area (Å²) in [7, 11) is 0. The van der Waals surface area contributed by atoms with Crippen LogP contribution < -0.4 is 5.32 Å². The maximum Gasteiger partial charge on any atom is 0.0584 e. The number of hydrogen-bond donors (Lipinski definition) is 1. The maximum atomic E-state index is 3.60. The van der Waals surface area contributed by atoms with Gasteiger partial charge in [-0.15, -0.1) is 0 Å². The van der Waals surface area contributed by atoms with Crippen molar-refractivity contribution >= 4 is 11.3 Å². The van der Waals surface area contributed by atoms with E-state index >= 15 is 0 Å². The molecule has 94 valence electrons. The Morgan fingerprint density at radius 1 is 1.17 bits per heavy atom. The lowest BCUT2D eigenvalue weighted by Crippen LogP contribution is -2.21. The second kappa shape index (κ2) is 5.25. The van der Waals surface area contributed by atoms with E-state index in [4.69, 9.17) is 0 Å². The van der Waals surface area contributed by atoms with Crippen LogP contribution in [0, 0.1) is 0 Å². The Balaban J connectivity index is 1.95. The summed E-state index contributed by atoms with van der Waals surface area (Å²) in [6, 6.07) is 9.62. The fourth-order valence-corrected chi connectivity index (χ4v) is 3.53. The molecule has 1 aromatic heterocycles. The summed E-state index contributed by atoms with van der Waals surface area (Å²) in [5, 5.41) is 8.01. The van der Waals surface area contributed by atoms with Gasteiger partial charge in [-0.2, -0.15) is 11.3 Å². The van der Waals surface area contributed by atoms with Gasteiger partial charge in [-0.3, -0.25) is 0 Å². The molecule has 3 rings (SSSR count). The van der Waals surface area contributed by atoms with Crippen LogP contribution in [-0.2, 0) is 12.8 Å². The van der Waals surface area contributed by atoms with Gasteiger partial charge in [0.1, 0.15) is 0 Å². The molecule has 1 heterocycles. The van der Waals surface area contributed by atoms with E-state index in [1.165, 1.54) is 30.4 Å². The molecule has 0 radical (unpaired) electrons. The molecule has 1 N–H and O–H groups in total. The van der Waals surface area contributed by atoms with Gasteiger partial charge >= 0.3 is 0 Å². The number of nitrogens with one attached hydrogen (secondary N) is 1. The first-order chi connectivity index (χ1) is 8.88. The van der Waals surface area contributed by atoms with Crippen LogP contribution in [0.15, 0.2) is 35.0 Å². The summed E-state index contributed by atoms with van der Waals surface area (Å²) in [5.41, 5.74) is 5.92. The zero-order valence-electron chi connectivity index (χ0n) is 10.8. The molecule has 18 heavy (non-hydrogen) atoms. The highest BCUT2D eigenvalue weighted by Crippen LogP contribution is 2.29. The molecule has 0 bridgehead atoms. The molecule has 1 aliphatic rings. The third-order valence-corrected chi connectivity index (χ3v) is 4.44. The minimum absolute atomic E-state index is 0.354. The van der Waals surface area contributed by atoms with E-state index in [1.54, 1.807) is 22.5 Å². The van der Waals surface area contributed by atoms with Crippen molar-refractivity contribution in [1.82, 2.24) is 5.32 Å². The molecule has 0 spiro atoms. The molecule has 1 nitrogen and oxygen atoms in total. The summed E-state index contributed by atoms with van der Waals surface area (Å²) in [6.45, 7) is 3.17. The Morgan fingerprint density at radius 2 is 2.06 bits per heavy atom. The second-order valence-electron chi connectivity index (χ2n) is 4.93. The summed E-state index contributed by atoms with van der Waals surface area (Å²) >= 11 is 1.77. The zero-order valence-corrected chi connectivity index (χ0v) is 11.6. The van der Waals surface area contributed by atoms with Crippen LogP contribution in [0.5, 0.6) is 0 Å². The Morgan fingerprint density at radius 3 is 2.83 bits per heavy atom. The highest BCUT2D eigenvalue weighted by Gasteiger charge is 2.17. The predicted octanol–water partition coefficient (Wildman–Crippen LogP) is 3.94. The van der Waals surface area contributed by atoms with Crippen molar-refractivity contribution in [3.8, 4) is 0 Å². The monoisotopic (exact) mass is 257 g/mol. The number of fused-ring (bicyclic) bond motifs is 1. The molecule has 2 aromatic rings. The number of benzene rings is 1. The van der Waals surface area contributed by atoms with E-state index in [0.717, 1.165) is 6.54 Å². The maximum absolute atomic E-state index is 3.60. The topological polar surface area (TPSA) is 12.0 Å². The fourth-order valence-electron chi connectivity index (χ4n) is 2.84. The van der Waals surface area contributed by atoms with Gasteiger partial charge in [-0.1, -0.05) is 25.1 Å². The zero-order chi connectivity index (χ0) is 12.4. The van der Waals surface area contributed by atoms with E-state index in [2.05, 4.69) is 47.3 Å². The van der Waals surface area contributed by atoms with Crippen LogP contribution in [-0.4, -0.2) is 6.54 Å². The van der Waals surface area contributed by atoms with Crippen molar-refractivity contribution < 1.29 is 0 Å². The lowest BCUT2D eigenvalue weighted by molar-refractivity contribution is 0.632. The standard InChI is InChI=1S/C16H19NS/c1-2-17-16(15-8-9-18-11-15)14-7-6-12-4-3-5-13(12)10-14/h6-11,16-17H,2-5H2,1H3. The summed E-state index contributed by atoms with van der Waals surface area (Å²) < 4.78 is 0. The minimum atomic E-state index is 0.354. The van der Waals surface area contributed by atoms with Gasteiger partial charge in [0.05, 0.1) is 6.04 Å². The lowest BCUT2D eigenvalue weighted by atomic mass is 9.97. The van der Waals surface area contributed by atoms with Crippen molar-refractivity contribution in [1.29, 1.82) is 0 Å². The largest absolute Gasteiger partial charge is 0.307 e. The first-order valence-corrected chi connectivity index (χ1v) is 7.70. The first kappa shape index (κ1) is 11.9. The average Bonchev–Trinajstić information content (AvgIpc) is 3.05. The molecule has 0 saturated carbocycles. The summed E-state index contributed by atoms with van der Waals surface area (Å²) in [4.78, 5) is 0. The Bertz CT molecular complexity index is 516. The predicted molar refractivity (Wildman–Crippen MR) is 78.3 cm³/mol. The minimum Gasteiger partial charge on any atom is -0.307 e. The molecule has 0 aliphatic heterocycles. The molecule has 0 amide bonds. The molecule has 1 aromatic carbocycles. The SMILES string of the molecule is CCNC(c1ccsc1)c1ccc2c(c1)CCC2. The third-order valence-electron chi connectivity index (χ3n) is 3.74. The average molecular weight is 257 g/mol. The Labute approximate surface area is 113 Å². The van der Waals surface area contributed by atoms with Gasteiger partial charge in [0.25, 0.3) is 0 Å². The van der Waals surface area contributed by atoms with Gasteiger partial charge in [0.2, 0.25) is 0 Å². The smallest absolute Gasteiger partial charge is 0.0584 e. The molecule has 0 fully saturated rings. The molecule has 0 saturated heterocycles. The molecule has 1 atom stereocenters. The normalized spacial score (nSPS) is 15.6. The first-order valence-electron chi connectivity index (χ1n) is 6.75. The van der Waals surface area contributed by atoms with Gasteiger partial charge in [-0.25, -0.2) is 0 Å². The van der Waals surface area contributed by atoms with Crippen LogP contribution in [0.25, 0.3) is 0 Å². The molecule has 2 heteroatoms. The van der Waals surface area contributed by atoms with Crippen LogP contribution >= 0.6 is 11.3 Å². The Kier molecular flexibility index (Phi) is 3.48. The molecule has 1 aliphatic carbocycles. The number of aryl methyl sites for hydroxylation is 2.